The van der Waals surface area contributed by atoms with Gasteiger partial charge in [-0.2, -0.15) is 5.10 Å². The molecule has 0 bridgehead atoms. The van der Waals surface area contributed by atoms with Gasteiger partial charge in [0.25, 0.3) is 0 Å². The van der Waals surface area contributed by atoms with Crippen molar-refractivity contribution in [2.75, 3.05) is 7.05 Å². The quantitative estimate of drug-likeness (QED) is 0.873. The molecule has 0 saturated heterocycles. The largest absolute Gasteiger partial charge is 0.308 e. The van der Waals surface area contributed by atoms with Crippen molar-refractivity contribution in [2.45, 2.75) is 19.9 Å². The van der Waals surface area contributed by atoms with Gasteiger partial charge < -0.3 is 5.32 Å². The van der Waals surface area contributed by atoms with Crippen LogP contribution >= 0.6 is 0 Å². The summed E-state index contributed by atoms with van der Waals surface area (Å²) in [5, 5.41) is 7.69. The Morgan fingerprint density at radius 1 is 1.24 bits per heavy atom. The second-order valence-electron chi connectivity index (χ2n) is 4.29. The van der Waals surface area contributed by atoms with Crippen LogP contribution in [0.5, 0.6) is 0 Å². The number of rotatable bonds is 3. The summed E-state index contributed by atoms with van der Waals surface area (Å²) in [5.74, 6) is 0. The summed E-state index contributed by atoms with van der Waals surface area (Å²) in [4.78, 5) is 4.34. The van der Waals surface area contributed by atoms with E-state index >= 15 is 0 Å². The highest BCUT2D eigenvalue weighted by molar-refractivity contribution is 5.27. The van der Waals surface area contributed by atoms with Crippen LogP contribution < -0.4 is 5.32 Å². The number of hydrogen-bond donors (Lipinski definition) is 1. The van der Waals surface area contributed by atoms with Crippen molar-refractivity contribution in [2.24, 2.45) is 7.05 Å². The normalized spacial score (nSPS) is 12.7. The van der Waals surface area contributed by atoms with E-state index in [0.717, 1.165) is 22.6 Å². The summed E-state index contributed by atoms with van der Waals surface area (Å²) < 4.78 is 1.91. The van der Waals surface area contributed by atoms with Gasteiger partial charge in [0.15, 0.2) is 0 Å². The molecular formula is C13H18N4. The van der Waals surface area contributed by atoms with Gasteiger partial charge in [0.1, 0.15) is 0 Å². The number of aryl methyl sites for hydroxylation is 3. The summed E-state index contributed by atoms with van der Waals surface area (Å²) in [6.45, 7) is 4.00. The van der Waals surface area contributed by atoms with Crippen molar-refractivity contribution in [3.8, 4) is 0 Å². The lowest BCUT2D eigenvalue weighted by Crippen LogP contribution is -2.20. The van der Waals surface area contributed by atoms with Crippen LogP contribution in [0.4, 0.5) is 0 Å². The molecule has 90 valence electrons. The van der Waals surface area contributed by atoms with Gasteiger partial charge in [0, 0.05) is 18.9 Å². The molecule has 0 aliphatic rings. The predicted molar refractivity (Wildman–Crippen MR) is 67.8 cm³/mol. The Kier molecular flexibility index (Phi) is 3.24. The zero-order chi connectivity index (χ0) is 12.4. The van der Waals surface area contributed by atoms with Crippen molar-refractivity contribution in [1.82, 2.24) is 20.1 Å². The first-order chi connectivity index (χ1) is 8.11. The third-order valence-corrected chi connectivity index (χ3v) is 2.89. The number of nitrogens with zero attached hydrogens (tertiary/aromatic N) is 3. The third-order valence-electron chi connectivity index (χ3n) is 2.89. The molecule has 0 radical (unpaired) electrons. The standard InChI is InChI=1S/C13H18N4/c1-9-5-6-11(8-15-9)13(14-3)12-7-10(2)16-17(12)4/h5-8,13-14H,1-4H3. The topological polar surface area (TPSA) is 42.7 Å². The molecule has 2 rings (SSSR count). The van der Waals surface area contributed by atoms with Gasteiger partial charge in [-0.15, -0.1) is 0 Å². The Balaban J connectivity index is 2.39. The van der Waals surface area contributed by atoms with Gasteiger partial charge in [-0.05, 0) is 38.6 Å². The number of aromatic nitrogens is 3. The lowest BCUT2D eigenvalue weighted by molar-refractivity contribution is 0.603. The lowest BCUT2D eigenvalue weighted by Gasteiger charge is -2.16. The second kappa shape index (κ2) is 4.67. The molecule has 0 aliphatic carbocycles. The number of hydrogen-bond acceptors (Lipinski definition) is 3. The molecule has 4 nitrogen and oxygen atoms in total. The molecule has 1 unspecified atom stereocenters. The van der Waals surface area contributed by atoms with Gasteiger partial charge in [-0.3, -0.25) is 9.67 Å². The van der Waals surface area contributed by atoms with Crippen LogP contribution in [-0.2, 0) is 7.05 Å². The summed E-state index contributed by atoms with van der Waals surface area (Å²) in [7, 11) is 3.92. The maximum absolute atomic E-state index is 4.38. The van der Waals surface area contributed by atoms with Crippen LogP contribution in [0, 0.1) is 13.8 Å². The smallest absolute Gasteiger partial charge is 0.0760 e. The molecule has 0 spiro atoms. The van der Waals surface area contributed by atoms with Crippen molar-refractivity contribution in [1.29, 1.82) is 0 Å². The minimum Gasteiger partial charge on any atom is -0.308 e. The Hall–Kier alpha value is -1.68. The van der Waals surface area contributed by atoms with Crippen LogP contribution in [0.25, 0.3) is 0 Å². The molecule has 2 aromatic heterocycles. The third kappa shape index (κ3) is 2.36. The van der Waals surface area contributed by atoms with E-state index in [1.54, 1.807) is 0 Å². The zero-order valence-corrected chi connectivity index (χ0v) is 10.7. The van der Waals surface area contributed by atoms with E-state index in [9.17, 15) is 0 Å². The maximum atomic E-state index is 4.38. The van der Waals surface area contributed by atoms with E-state index < -0.39 is 0 Å². The first-order valence-corrected chi connectivity index (χ1v) is 5.72. The molecule has 2 heterocycles. The first kappa shape index (κ1) is 11.8. The average Bonchev–Trinajstić information content (AvgIpc) is 2.62. The fourth-order valence-corrected chi connectivity index (χ4v) is 2.04. The molecule has 1 N–H and O–H groups in total. The lowest BCUT2D eigenvalue weighted by atomic mass is 10.1. The highest BCUT2D eigenvalue weighted by Crippen LogP contribution is 2.21. The van der Waals surface area contributed by atoms with E-state index in [2.05, 4.69) is 27.5 Å². The van der Waals surface area contributed by atoms with Gasteiger partial charge in [0.05, 0.1) is 17.4 Å². The molecule has 4 heteroatoms. The summed E-state index contributed by atoms with van der Waals surface area (Å²) in [6, 6.07) is 6.37. The van der Waals surface area contributed by atoms with Crippen molar-refractivity contribution in [3.05, 3.63) is 47.0 Å². The number of pyridine rings is 1. The van der Waals surface area contributed by atoms with Crippen molar-refractivity contribution in [3.63, 3.8) is 0 Å². The summed E-state index contributed by atoms with van der Waals surface area (Å²) in [5.41, 5.74) is 4.37. The van der Waals surface area contributed by atoms with Gasteiger partial charge >= 0.3 is 0 Å². The van der Waals surface area contributed by atoms with Crippen molar-refractivity contribution >= 4 is 0 Å². The van der Waals surface area contributed by atoms with Crippen LogP contribution in [0.15, 0.2) is 24.4 Å². The SMILES string of the molecule is CNC(c1ccc(C)nc1)c1cc(C)nn1C. The summed E-state index contributed by atoms with van der Waals surface area (Å²) >= 11 is 0. The Labute approximate surface area is 102 Å². The Morgan fingerprint density at radius 3 is 2.47 bits per heavy atom. The van der Waals surface area contributed by atoms with Gasteiger partial charge in [0.2, 0.25) is 0 Å². The molecule has 0 saturated carbocycles. The molecule has 17 heavy (non-hydrogen) atoms. The molecule has 0 amide bonds. The second-order valence-corrected chi connectivity index (χ2v) is 4.29. The van der Waals surface area contributed by atoms with E-state index in [-0.39, 0.29) is 6.04 Å². The van der Waals surface area contributed by atoms with Gasteiger partial charge in [-0.1, -0.05) is 6.07 Å². The van der Waals surface area contributed by atoms with Crippen LogP contribution in [-0.4, -0.2) is 21.8 Å². The molecule has 1 atom stereocenters. The minimum atomic E-state index is 0.134. The molecule has 0 fully saturated rings. The Morgan fingerprint density at radius 2 is 2.00 bits per heavy atom. The van der Waals surface area contributed by atoms with E-state index in [0.29, 0.717) is 0 Å². The molecular weight excluding hydrogens is 212 g/mol. The monoisotopic (exact) mass is 230 g/mol. The minimum absolute atomic E-state index is 0.134. The summed E-state index contributed by atoms with van der Waals surface area (Å²) in [6.07, 6.45) is 1.92. The van der Waals surface area contributed by atoms with Crippen LogP contribution in [0.3, 0.4) is 0 Å². The highest BCUT2D eigenvalue weighted by atomic mass is 15.3. The first-order valence-electron chi connectivity index (χ1n) is 5.72. The predicted octanol–water partition coefficient (Wildman–Crippen LogP) is 1.74. The fraction of sp³-hybridized carbons (Fsp3) is 0.385. The van der Waals surface area contributed by atoms with E-state index in [1.165, 1.54) is 0 Å². The molecule has 0 aliphatic heterocycles. The molecule has 2 aromatic rings. The average molecular weight is 230 g/mol. The van der Waals surface area contributed by atoms with E-state index in [4.69, 9.17) is 0 Å². The fourth-order valence-electron chi connectivity index (χ4n) is 2.04. The van der Waals surface area contributed by atoms with Crippen LogP contribution in [0.1, 0.15) is 28.7 Å². The zero-order valence-electron chi connectivity index (χ0n) is 10.7. The maximum Gasteiger partial charge on any atom is 0.0760 e. The van der Waals surface area contributed by atoms with Crippen molar-refractivity contribution < 1.29 is 0 Å². The van der Waals surface area contributed by atoms with Gasteiger partial charge in [-0.25, -0.2) is 0 Å². The van der Waals surface area contributed by atoms with E-state index in [1.807, 2.05) is 44.9 Å². The number of nitrogens with one attached hydrogen (secondary N) is 1. The Bertz CT molecular complexity index is 499. The highest BCUT2D eigenvalue weighted by Gasteiger charge is 2.16. The molecule has 0 aromatic carbocycles. The van der Waals surface area contributed by atoms with Crippen LogP contribution in [0.2, 0.25) is 0 Å².